The lowest BCUT2D eigenvalue weighted by Crippen LogP contribution is -2.48. The summed E-state index contributed by atoms with van der Waals surface area (Å²) in [7, 11) is 0. The normalized spacial score (nSPS) is 13.8. The lowest BCUT2D eigenvalue weighted by Gasteiger charge is -2.35. The van der Waals surface area contributed by atoms with Crippen LogP contribution in [-0.2, 0) is 19.1 Å². The van der Waals surface area contributed by atoms with Gasteiger partial charge in [-0.05, 0) is 44.4 Å². The molecule has 0 aliphatic heterocycles. The highest BCUT2D eigenvalue weighted by molar-refractivity contribution is 5.82. The maximum atomic E-state index is 13.2. The van der Waals surface area contributed by atoms with Gasteiger partial charge >= 0.3 is 5.97 Å². The number of benzene rings is 2. The van der Waals surface area contributed by atoms with E-state index >= 15 is 0 Å². The predicted molar refractivity (Wildman–Crippen MR) is 129 cm³/mol. The van der Waals surface area contributed by atoms with Crippen molar-refractivity contribution in [3.05, 3.63) is 71.3 Å². The van der Waals surface area contributed by atoms with Crippen LogP contribution in [0.3, 0.4) is 0 Å². The summed E-state index contributed by atoms with van der Waals surface area (Å²) in [4.78, 5) is 25.2. The van der Waals surface area contributed by atoms with Gasteiger partial charge in [-0.1, -0.05) is 68.4 Å². The van der Waals surface area contributed by atoms with Crippen LogP contribution in [0.2, 0.25) is 0 Å². The number of hydrogen-bond acceptors (Lipinski definition) is 5. The minimum atomic E-state index is -0.953. The number of amides is 1. The number of aryl methyl sites for hydroxylation is 1. The van der Waals surface area contributed by atoms with Crippen LogP contribution in [0.25, 0.3) is 0 Å². The zero-order valence-corrected chi connectivity index (χ0v) is 20.6. The van der Waals surface area contributed by atoms with Gasteiger partial charge in [0.25, 0.3) is 0 Å². The molecule has 2 aromatic rings. The van der Waals surface area contributed by atoms with Gasteiger partial charge in [-0.25, -0.2) is 0 Å². The summed E-state index contributed by atoms with van der Waals surface area (Å²) in [6.45, 7) is 10.8. The Hall–Kier alpha value is -2.70. The Kier molecular flexibility index (Phi) is 9.20. The molecule has 0 heterocycles. The first-order valence-corrected chi connectivity index (χ1v) is 11.3. The quantitative estimate of drug-likeness (QED) is 0.521. The molecule has 0 aromatic heterocycles. The van der Waals surface area contributed by atoms with E-state index in [2.05, 4.69) is 5.32 Å². The van der Waals surface area contributed by atoms with Crippen molar-refractivity contribution < 1.29 is 24.2 Å². The van der Waals surface area contributed by atoms with Crippen LogP contribution < -0.4 is 5.32 Å². The first kappa shape index (κ1) is 26.6. The number of nitrogens with one attached hydrogen (secondary N) is 1. The van der Waals surface area contributed by atoms with E-state index in [0.29, 0.717) is 0 Å². The highest BCUT2D eigenvalue weighted by Crippen LogP contribution is 2.34. The average molecular weight is 456 g/mol. The average Bonchev–Trinajstić information content (AvgIpc) is 2.74. The molecule has 2 atom stereocenters. The van der Waals surface area contributed by atoms with Crippen LogP contribution >= 0.6 is 0 Å². The standard InChI is InChI=1S/C27H37NO5/c1-19-12-10-11-15-21(19)23(20-13-8-7-9-14-20)32-24(27(5,6)18-29)25(31)28-17-16-22(30)33-26(2,3)4/h7-15,23-24,29H,16-18H2,1-6H3,(H,28,31). The van der Waals surface area contributed by atoms with Crippen molar-refractivity contribution in [1.29, 1.82) is 0 Å². The molecule has 2 rings (SSSR count). The van der Waals surface area contributed by atoms with Gasteiger partial charge in [0.1, 0.15) is 17.8 Å². The molecule has 6 nitrogen and oxygen atoms in total. The Bertz CT molecular complexity index is 918. The number of aliphatic hydroxyl groups is 1. The Morgan fingerprint density at radius 1 is 0.970 bits per heavy atom. The molecule has 2 unspecified atom stereocenters. The topological polar surface area (TPSA) is 84.9 Å². The molecule has 0 saturated carbocycles. The van der Waals surface area contributed by atoms with Gasteiger partial charge in [0.15, 0.2) is 0 Å². The van der Waals surface area contributed by atoms with Gasteiger partial charge in [-0.15, -0.1) is 0 Å². The highest BCUT2D eigenvalue weighted by Gasteiger charge is 2.38. The van der Waals surface area contributed by atoms with Crippen LogP contribution in [-0.4, -0.2) is 41.8 Å². The molecule has 0 bridgehead atoms. The van der Waals surface area contributed by atoms with Crippen molar-refractivity contribution in [2.75, 3.05) is 13.2 Å². The fourth-order valence-electron chi connectivity index (χ4n) is 3.43. The molecule has 0 saturated heterocycles. The Morgan fingerprint density at radius 2 is 1.58 bits per heavy atom. The molecular weight excluding hydrogens is 418 g/mol. The van der Waals surface area contributed by atoms with E-state index in [4.69, 9.17) is 9.47 Å². The van der Waals surface area contributed by atoms with E-state index in [1.54, 1.807) is 34.6 Å². The summed E-state index contributed by atoms with van der Waals surface area (Å²) in [5.41, 5.74) is 1.46. The fraction of sp³-hybridized carbons (Fsp3) is 0.481. The van der Waals surface area contributed by atoms with Gasteiger partial charge in [-0.3, -0.25) is 9.59 Å². The van der Waals surface area contributed by atoms with Gasteiger partial charge in [0.05, 0.1) is 13.0 Å². The zero-order chi connectivity index (χ0) is 24.6. The summed E-state index contributed by atoms with van der Waals surface area (Å²) >= 11 is 0. The van der Waals surface area contributed by atoms with Crippen molar-refractivity contribution in [1.82, 2.24) is 5.32 Å². The van der Waals surface area contributed by atoms with E-state index < -0.39 is 23.2 Å². The molecule has 2 aromatic carbocycles. The number of carbonyl (C=O) groups excluding carboxylic acids is 2. The van der Waals surface area contributed by atoms with Gasteiger partial charge < -0.3 is 19.9 Å². The zero-order valence-electron chi connectivity index (χ0n) is 20.6. The Labute approximate surface area is 197 Å². The minimum Gasteiger partial charge on any atom is -0.460 e. The van der Waals surface area contributed by atoms with E-state index in [0.717, 1.165) is 16.7 Å². The van der Waals surface area contributed by atoms with Crippen LogP contribution in [0.4, 0.5) is 0 Å². The van der Waals surface area contributed by atoms with Crippen LogP contribution in [0.1, 0.15) is 63.8 Å². The van der Waals surface area contributed by atoms with Crippen molar-refractivity contribution in [2.45, 2.75) is 65.8 Å². The lowest BCUT2D eigenvalue weighted by atomic mass is 9.86. The molecule has 0 aliphatic carbocycles. The van der Waals surface area contributed by atoms with Crippen LogP contribution in [0.15, 0.2) is 54.6 Å². The molecule has 2 N–H and O–H groups in total. The fourth-order valence-corrected chi connectivity index (χ4v) is 3.43. The summed E-state index contributed by atoms with van der Waals surface area (Å²) in [5.74, 6) is -0.768. The summed E-state index contributed by atoms with van der Waals surface area (Å²) < 4.78 is 11.8. The molecule has 0 aliphatic rings. The second kappa shape index (κ2) is 11.4. The van der Waals surface area contributed by atoms with E-state index in [1.165, 1.54) is 0 Å². The molecule has 0 radical (unpaired) electrons. The predicted octanol–water partition coefficient (Wildman–Crippen LogP) is 4.34. The van der Waals surface area contributed by atoms with E-state index in [-0.39, 0.29) is 31.4 Å². The summed E-state index contributed by atoms with van der Waals surface area (Å²) in [5, 5.41) is 12.8. The third-order valence-corrected chi connectivity index (χ3v) is 5.25. The van der Waals surface area contributed by atoms with E-state index in [1.807, 2.05) is 61.5 Å². The van der Waals surface area contributed by atoms with Crippen molar-refractivity contribution in [3.8, 4) is 0 Å². The second-order valence-corrected chi connectivity index (χ2v) is 9.94. The minimum absolute atomic E-state index is 0.0508. The number of rotatable bonds is 10. The van der Waals surface area contributed by atoms with Crippen molar-refractivity contribution >= 4 is 11.9 Å². The number of aliphatic hydroxyl groups excluding tert-OH is 1. The van der Waals surface area contributed by atoms with Gasteiger partial charge in [0, 0.05) is 12.0 Å². The number of hydrogen-bond donors (Lipinski definition) is 2. The smallest absolute Gasteiger partial charge is 0.308 e. The highest BCUT2D eigenvalue weighted by atomic mass is 16.6. The van der Waals surface area contributed by atoms with Crippen LogP contribution in [0, 0.1) is 12.3 Å². The largest absolute Gasteiger partial charge is 0.460 e. The second-order valence-electron chi connectivity index (χ2n) is 9.94. The lowest BCUT2D eigenvalue weighted by molar-refractivity contribution is -0.155. The van der Waals surface area contributed by atoms with Crippen LogP contribution in [0.5, 0.6) is 0 Å². The summed E-state index contributed by atoms with van der Waals surface area (Å²) in [6.07, 6.45) is -1.40. The molecule has 33 heavy (non-hydrogen) atoms. The molecule has 1 amide bonds. The van der Waals surface area contributed by atoms with Gasteiger partial charge in [-0.2, -0.15) is 0 Å². The third kappa shape index (κ3) is 7.98. The Balaban J connectivity index is 2.25. The van der Waals surface area contributed by atoms with Crippen molar-refractivity contribution in [3.63, 3.8) is 0 Å². The van der Waals surface area contributed by atoms with Gasteiger partial charge in [0.2, 0.25) is 5.91 Å². The number of esters is 1. The first-order chi connectivity index (χ1) is 15.4. The molecule has 180 valence electrons. The molecular formula is C27H37NO5. The van der Waals surface area contributed by atoms with Crippen molar-refractivity contribution in [2.24, 2.45) is 5.41 Å². The number of carbonyl (C=O) groups is 2. The maximum absolute atomic E-state index is 13.2. The van der Waals surface area contributed by atoms with E-state index in [9.17, 15) is 14.7 Å². The maximum Gasteiger partial charge on any atom is 0.308 e. The SMILES string of the molecule is Cc1ccccc1C(OC(C(=O)NCCC(=O)OC(C)(C)C)C(C)(C)CO)c1ccccc1. The Morgan fingerprint density at radius 3 is 2.15 bits per heavy atom. The number of ether oxygens (including phenoxy) is 2. The molecule has 0 spiro atoms. The molecule has 0 fully saturated rings. The first-order valence-electron chi connectivity index (χ1n) is 11.3. The summed E-state index contributed by atoms with van der Waals surface area (Å²) in [6, 6.07) is 17.6. The third-order valence-electron chi connectivity index (χ3n) is 5.25. The molecule has 6 heteroatoms. The monoisotopic (exact) mass is 455 g/mol.